The molecule has 0 unspecified atom stereocenters. The number of alkyl halides is 3. The van der Waals surface area contributed by atoms with E-state index in [2.05, 4.69) is 10.2 Å². The van der Waals surface area contributed by atoms with Crippen LogP contribution in [0.2, 0.25) is 0 Å². The second kappa shape index (κ2) is 12.4. The molecule has 2 heterocycles. The van der Waals surface area contributed by atoms with Crippen LogP contribution in [0.1, 0.15) is 48.3 Å². The molecular weight excluding hydrogens is 527 g/mol. The molecule has 0 aromatic heterocycles. The monoisotopic (exact) mass is 556 g/mol. The summed E-state index contributed by atoms with van der Waals surface area (Å²) in [7, 11) is 1.73. The number of nitrogens with zero attached hydrogens (tertiary/aromatic N) is 1. The van der Waals surface area contributed by atoms with Crippen LogP contribution in [0.5, 0.6) is 0 Å². The summed E-state index contributed by atoms with van der Waals surface area (Å²) in [6.07, 6.45) is 2.00. The molecule has 36 heavy (non-hydrogen) atoms. The molecule has 4 rings (SSSR count). The van der Waals surface area contributed by atoms with Crippen LogP contribution < -0.4 is 5.32 Å². The number of likely N-dealkylation sites (tertiary alicyclic amines) is 1. The number of aliphatic hydroxyl groups is 1. The van der Waals surface area contributed by atoms with Gasteiger partial charge in [0, 0.05) is 37.4 Å². The van der Waals surface area contributed by atoms with Gasteiger partial charge in [-0.05, 0) is 42.6 Å². The van der Waals surface area contributed by atoms with Gasteiger partial charge in [-0.15, -0.1) is 0 Å². The zero-order valence-corrected chi connectivity index (χ0v) is 22.3. The maximum atomic E-state index is 12.1. The van der Waals surface area contributed by atoms with Crippen molar-refractivity contribution >= 4 is 46.4 Å². The van der Waals surface area contributed by atoms with Crippen molar-refractivity contribution < 1.29 is 24.1 Å². The minimum Gasteiger partial charge on any atom is -0.392 e. The molecule has 7 nitrogen and oxygen atoms in total. The lowest BCUT2D eigenvalue weighted by atomic mass is 9.99. The number of aliphatic hydroxyl groups excluding tert-OH is 1. The maximum absolute atomic E-state index is 12.1. The van der Waals surface area contributed by atoms with E-state index in [1.807, 2.05) is 30.3 Å². The zero-order chi connectivity index (χ0) is 25.7. The first-order valence-electron chi connectivity index (χ1n) is 12.0. The van der Waals surface area contributed by atoms with Crippen LogP contribution in [0.4, 0.5) is 5.69 Å². The minimum atomic E-state index is -2.07. The molecule has 0 aliphatic carbocycles. The van der Waals surface area contributed by atoms with E-state index in [0.29, 0.717) is 24.8 Å². The van der Waals surface area contributed by atoms with Crippen LogP contribution in [0, 0.1) is 0 Å². The molecule has 196 valence electrons. The number of benzene rings is 2. The standard InChI is InChI=1S/C26H31Cl3N2O5/c1-34-16-21-6-3-11-31(21)14-22-13-23(18-9-7-17(15-32)8-10-18)36-24(35-22)19-4-2-5-20(12-19)30-25(33)26(27,28)29/h2,4-5,7-10,12,21-24,32H,3,6,11,13-16H2,1H3,(H,30,33)/t21-,22-,23+,24+/m0/s1. The second-order valence-electron chi connectivity index (χ2n) is 9.17. The quantitative estimate of drug-likeness (QED) is 0.437. The van der Waals surface area contributed by atoms with E-state index in [0.717, 1.165) is 42.6 Å². The number of ether oxygens (including phenoxy) is 3. The van der Waals surface area contributed by atoms with Gasteiger partial charge in [0.05, 0.1) is 25.4 Å². The summed E-state index contributed by atoms with van der Waals surface area (Å²) < 4.78 is 16.2. The van der Waals surface area contributed by atoms with Crippen molar-refractivity contribution in [1.82, 2.24) is 4.90 Å². The Morgan fingerprint density at radius 1 is 1.17 bits per heavy atom. The van der Waals surface area contributed by atoms with Gasteiger partial charge in [-0.1, -0.05) is 71.2 Å². The van der Waals surface area contributed by atoms with E-state index >= 15 is 0 Å². The van der Waals surface area contributed by atoms with Crippen molar-refractivity contribution in [3.63, 3.8) is 0 Å². The highest BCUT2D eigenvalue weighted by molar-refractivity contribution is 6.76. The Hall–Kier alpha value is -1.42. The Bertz CT molecular complexity index is 1020. The number of halogens is 3. The Kier molecular flexibility index (Phi) is 9.52. The largest absolute Gasteiger partial charge is 0.392 e. The second-order valence-corrected chi connectivity index (χ2v) is 11.5. The van der Waals surface area contributed by atoms with E-state index in [9.17, 15) is 9.90 Å². The number of carbonyl (C=O) groups is 1. The summed E-state index contributed by atoms with van der Waals surface area (Å²) >= 11 is 17.1. The number of nitrogens with one attached hydrogen (secondary N) is 1. The normalized spacial score (nSPS) is 25.1. The molecule has 1 amide bonds. The van der Waals surface area contributed by atoms with E-state index in [1.165, 1.54) is 0 Å². The molecule has 2 aliphatic heterocycles. The summed E-state index contributed by atoms with van der Waals surface area (Å²) in [4.78, 5) is 14.6. The lowest BCUT2D eigenvalue weighted by Crippen LogP contribution is -2.42. The fourth-order valence-corrected chi connectivity index (χ4v) is 4.92. The Balaban J connectivity index is 1.55. The van der Waals surface area contributed by atoms with Gasteiger partial charge < -0.3 is 24.6 Å². The van der Waals surface area contributed by atoms with E-state index in [4.69, 9.17) is 49.0 Å². The molecule has 4 atom stereocenters. The van der Waals surface area contributed by atoms with E-state index in [1.54, 1.807) is 25.3 Å². The third kappa shape index (κ3) is 7.11. The third-order valence-electron chi connectivity index (χ3n) is 6.59. The van der Waals surface area contributed by atoms with E-state index < -0.39 is 16.0 Å². The molecule has 10 heteroatoms. The van der Waals surface area contributed by atoms with Crippen LogP contribution >= 0.6 is 34.8 Å². The Morgan fingerprint density at radius 2 is 1.94 bits per heavy atom. The van der Waals surface area contributed by atoms with Gasteiger partial charge in [0.2, 0.25) is 0 Å². The highest BCUT2D eigenvalue weighted by Gasteiger charge is 2.36. The molecule has 2 aromatic carbocycles. The first kappa shape index (κ1) is 27.6. The predicted molar refractivity (Wildman–Crippen MR) is 140 cm³/mol. The number of methoxy groups -OCH3 is 1. The molecule has 0 radical (unpaired) electrons. The van der Waals surface area contributed by atoms with Crippen LogP contribution in [0.15, 0.2) is 48.5 Å². The number of rotatable bonds is 8. The SMILES string of the molecule is COC[C@@H]1CCCN1C[C@@H]1C[C@H](c2ccc(CO)cc2)O[C@H](c2cccc(NC(=O)C(Cl)(Cl)Cl)c2)O1. The van der Waals surface area contributed by atoms with Crippen molar-refractivity contribution in [2.24, 2.45) is 0 Å². The molecule has 2 fully saturated rings. The van der Waals surface area contributed by atoms with Gasteiger partial charge in [0.25, 0.3) is 9.70 Å². The Labute approximate surface area is 226 Å². The van der Waals surface area contributed by atoms with Gasteiger partial charge in [0.15, 0.2) is 6.29 Å². The first-order chi connectivity index (χ1) is 17.3. The zero-order valence-electron chi connectivity index (χ0n) is 20.0. The number of anilines is 1. The predicted octanol–water partition coefficient (Wildman–Crippen LogP) is 5.14. The van der Waals surface area contributed by atoms with Gasteiger partial charge in [-0.25, -0.2) is 0 Å². The fraction of sp³-hybridized carbons (Fsp3) is 0.500. The highest BCUT2D eigenvalue weighted by Crippen LogP contribution is 2.39. The van der Waals surface area contributed by atoms with Crippen molar-refractivity contribution in [2.75, 3.05) is 32.1 Å². The van der Waals surface area contributed by atoms with Gasteiger partial charge in [0.1, 0.15) is 0 Å². The average molecular weight is 558 g/mol. The molecular formula is C26H31Cl3N2O5. The third-order valence-corrected chi connectivity index (χ3v) is 7.10. The lowest BCUT2D eigenvalue weighted by Gasteiger charge is -2.39. The number of carbonyl (C=O) groups excluding carboxylic acids is 1. The van der Waals surface area contributed by atoms with Crippen molar-refractivity contribution in [2.45, 2.75) is 54.2 Å². The van der Waals surface area contributed by atoms with Crippen molar-refractivity contribution in [3.8, 4) is 0 Å². The van der Waals surface area contributed by atoms with Crippen LogP contribution in [0.3, 0.4) is 0 Å². The highest BCUT2D eigenvalue weighted by atomic mass is 35.6. The van der Waals surface area contributed by atoms with Crippen LogP contribution in [-0.4, -0.2) is 58.7 Å². The fourth-order valence-electron chi connectivity index (χ4n) is 4.78. The number of amides is 1. The van der Waals surface area contributed by atoms with Gasteiger partial charge in [-0.3, -0.25) is 9.69 Å². The first-order valence-corrected chi connectivity index (χ1v) is 13.1. The van der Waals surface area contributed by atoms with Crippen LogP contribution in [-0.2, 0) is 25.6 Å². The van der Waals surface area contributed by atoms with Gasteiger partial charge >= 0.3 is 0 Å². The maximum Gasteiger partial charge on any atom is 0.276 e. The molecule has 0 saturated carbocycles. The molecule has 2 saturated heterocycles. The number of hydrogen-bond donors (Lipinski definition) is 2. The molecule has 2 aliphatic rings. The summed E-state index contributed by atoms with van der Waals surface area (Å²) in [6.45, 7) is 2.46. The number of hydrogen-bond acceptors (Lipinski definition) is 6. The molecule has 0 bridgehead atoms. The Morgan fingerprint density at radius 3 is 2.64 bits per heavy atom. The van der Waals surface area contributed by atoms with Crippen LogP contribution in [0.25, 0.3) is 0 Å². The lowest BCUT2D eigenvalue weighted by molar-refractivity contribution is -0.253. The molecule has 2 aromatic rings. The molecule has 2 N–H and O–H groups in total. The van der Waals surface area contributed by atoms with Crippen molar-refractivity contribution in [1.29, 1.82) is 0 Å². The molecule has 0 spiro atoms. The van der Waals surface area contributed by atoms with Gasteiger partial charge in [-0.2, -0.15) is 0 Å². The average Bonchev–Trinajstić information content (AvgIpc) is 3.30. The summed E-state index contributed by atoms with van der Waals surface area (Å²) in [5.74, 6) is -0.743. The van der Waals surface area contributed by atoms with E-state index in [-0.39, 0.29) is 18.8 Å². The smallest absolute Gasteiger partial charge is 0.276 e. The summed E-state index contributed by atoms with van der Waals surface area (Å²) in [5.41, 5.74) is 3.08. The summed E-state index contributed by atoms with van der Waals surface area (Å²) in [5, 5.41) is 12.0. The topological polar surface area (TPSA) is 80.3 Å². The summed E-state index contributed by atoms with van der Waals surface area (Å²) in [6, 6.07) is 15.3. The van der Waals surface area contributed by atoms with Crippen molar-refractivity contribution in [3.05, 3.63) is 65.2 Å². The minimum absolute atomic E-state index is 0.0112.